The van der Waals surface area contributed by atoms with E-state index in [1.807, 2.05) is 37.3 Å². The molecule has 0 atom stereocenters. The van der Waals surface area contributed by atoms with E-state index in [9.17, 15) is 0 Å². The molecule has 2 rings (SSSR count). The summed E-state index contributed by atoms with van der Waals surface area (Å²) in [6, 6.07) is 18.3. The lowest BCUT2D eigenvalue weighted by Gasteiger charge is -2.06. The monoisotopic (exact) mass is 211 g/mol. The van der Waals surface area contributed by atoms with Gasteiger partial charge in [0.15, 0.2) is 0 Å². The Balaban J connectivity index is 1.94. The molecule has 0 fully saturated rings. The summed E-state index contributed by atoms with van der Waals surface area (Å²) in [7, 11) is 0. The van der Waals surface area contributed by atoms with Gasteiger partial charge in [0, 0.05) is 0 Å². The lowest BCUT2D eigenvalue weighted by atomic mass is 10.2. The van der Waals surface area contributed by atoms with Gasteiger partial charge >= 0.3 is 0 Å². The number of benzene rings is 2. The van der Waals surface area contributed by atoms with E-state index in [0.717, 1.165) is 5.75 Å². The standard InChI is InChI=1S/C15H15O/c1-2-13-8-10-15(11-9-13)16-12-14-6-4-3-5-7-14/h2-11H,12H2,1H3. The van der Waals surface area contributed by atoms with Crippen LogP contribution >= 0.6 is 0 Å². The molecule has 0 aliphatic carbocycles. The van der Waals surface area contributed by atoms with Crippen LogP contribution in [0.3, 0.4) is 0 Å². The van der Waals surface area contributed by atoms with Gasteiger partial charge in [-0.25, -0.2) is 0 Å². The molecule has 0 N–H and O–H groups in total. The first kappa shape index (κ1) is 10.7. The fourth-order valence-electron chi connectivity index (χ4n) is 1.50. The Bertz CT molecular complexity index is 417. The molecule has 0 amide bonds. The summed E-state index contributed by atoms with van der Waals surface area (Å²) in [6.07, 6.45) is 2.07. The van der Waals surface area contributed by atoms with Crippen molar-refractivity contribution in [2.45, 2.75) is 13.5 Å². The Labute approximate surface area is 96.7 Å². The van der Waals surface area contributed by atoms with E-state index in [0.29, 0.717) is 6.61 Å². The molecule has 81 valence electrons. The second-order valence-corrected chi connectivity index (χ2v) is 3.63. The molecule has 0 spiro atoms. The van der Waals surface area contributed by atoms with Crippen LogP contribution in [-0.4, -0.2) is 0 Å². The van der Waals surface area contributed by atoms with Crippen molar-refractivity contribution in [3.63, 3.8) is 0 Å². The van der Waals surface area contributed by atoms with Crippen LogP contribution in [0.15, 0.2) is 54.6 Å². The second kappa shape index (κ2) is 5.36. The molecular formula is C15H15O. The molecule has 0 saturated heterocycles. The van der Waals surface area contributed by atoms with Gasteiger partial charge < -0.3 is 4.74 Å². The van der Waals surface area contributed by atoms with Crippen LogP contribution in [0.5, 0.6) is 5.75 Å². The minimum atomic E-state index is 0.621. The molecule has 1 nitrogen and oxygen atoms in total. The summed E-state index contributed by atoms with van der Waals surface area (Å²) in [5, 5.41) is 0. The lowest BCUT2D eigenvalue weighted by Crippen LogP contribution is -1.94. The van der Waals surface area contributed by atoms with E-state index in [-0.39, 0.29) is 0 Å². The van der Waals surface area contributed by atoms with E-state index in [4.69, 9.17) is 4.74 Å². The summed E-state index contributed by atoms with van der Waals surface area (Å²) in [6.45, 7) is 2.65. The Morgan fingerprint density at radius 2 is 1.62 bits per heavy atom. The van der Waals surface area contributed by atoms with Crippen LogP contribution in [0.25, 0.3) is 0 Å². The van der Waals surface area contributed by atoms with Gasteiger partial charge in [-0.2, -0.15) is 0 Å². The van der Waals surface area contributed by atoms with Crippen molar-refractivity contribution in [3.05, 3.63) is 72.1 Å². The van der Waals surface area contributed by atoms with Crippen molar-refractivity contribution in [1.29, 1.82) is 0 Å². The molecule has 0 aliphatic heterocycles. The average molecular weight is 211 g/mol. The summed E-state index contributed by atoms with van der Waals surface area (Å²) in [5.41, 5.74) is 2.40. The van der Waals surface area contributed by atoms with Crippen LogP contribution < -0.4 is 4.74 Å². The minimum absolute atomic E-state index is 0.621. The van der Waals surface area contributed by atoms with E-state index in [1.165, 1.54) is 11.1 Å². The minimum Gasteiger partial charge on any atom is -0.489 e. The first-order valence-corrected chi connectivity index (χ1v) is 5.44. The van der Waals surface area contributed by atoms with Crippen LogP contribution in [-0.2, 0) is 6.61 Å². The number of ether oxygens (including phenoxy) is 1. The van der Waals surface area contributed by atoms with E-state index in [1.54, 1.807) is 0 Å². The Morgan fingerprint density at radius 1 is 0.938 bits per heavy atom. The zero-order valence-electron chi connectivity index (χ0n) is 9.39. The summed E-state index contributed by atoms with van der Waals surface area (Å²) >= 11 is 0. The summed E-state index contributed by atoms with van der Waals surface area (Å²) in [4.78, 5) is 0. The molecule has 0 heterocycles. The normalized spacial score (nSPS) is 10.1. The predicted molar refractivity (Wildman–Crippen MR) is 66.3 cm³/mol. The molecule has 16 heavy (non-hydrogen) atoms. The van der Waals surface area contributed by atoms with Gasteiger partial charge in [0.25, 0.3) is 0 Å². The third-order valence-electron chi connectivity index (χ3n) is 2.46. The molecule has 0 unspecified atom stereocenters. The highest BCUT2D eigenvalue weighted by Gasteiger charge is 1.95. The van der Waals surface area contributed by atoms with Gasteiger partial charge in [-0.05, 0) is 29.7 Å². The quantitative estimate of drug-likeness (QED) is 0.746. The SMILES string of the molecule is C[CH]c1ccc(OCc2ccccc2)cc1. The fourth-order valence-corrected chi connectivity index (χ4v) is 1.50. The topological polar surface area (TPSA) is 9.23 Å². The molecule has 0 bridgehead atoms. The highest BCUT2D eigenvalue weighted by molar-refractivity contribution is 5.30. The van der Waals surface area contributed by atoms with Gasteiger partial charge in [-0.3, -0.25) is 0 Å². The van der Waals surface area contributed by atoms with Crippen LogP contribution in [0.1, 0.15) is 18.1 Å². The van der Waals surface area contributed by atoms with Crippen molar-refractivity contribution in [3.8, 4) is 5.75 Å². The second-order valence-electron chi connectivity index (χ2n) is 3.63. The molecular weight excluding hydrogens is 196 g/mol. The van der Waals surface area contributed by atoms with Gasteiger partial charge in [-0.1, -0.05) is 49.4 Å². The molecule has 0 aliphatic rings. The third-order valence-corrected chi connectivity index (χ3v) is 2.46. The first-order valence-electron chi connectivity index (χ1n) is 5.44. The first-order chi connectivity index (χ1) is 7.88. The molecule has 2 aromatic carbocycles. The van der Waals surface area contributed by atoms with Crippen molar-refractivity contribution in [1.82, 2.24) is 0 Å². The maximum Gasteiger partial charge on any atom is 0.119 e. The van der Waals surface area contributed by atoms with E-state index in [2.05, 4.69) is 30.7 Å². The maximum atomic E-state index is 5.68. The zero-order chi connectivity index (χ0) is 11.2. The average Bonchev–Trinajstić information content (AvgIpc) is 2.38. The molecule has 0 aromatic heterocycles. The third kappa shape index (κ3) is 2.86. The number of hydrogen-bond donors (Lipinski definition) is 0. The fraction of sp³-hybridized carbons (Fsp3) is 0.133. The Morgan fingerprint density at radius 3 is 2.25 bits per heavy atom. The van der Waals surface area contributed by atoms with Gasteiger partial charge in [0.2, 0.25) is 0 Å². The van der Waals surface area contributed by atoms with Crippen LogP contribution in [0.2, 0.25) is 0 Å². The van der Waals surface area contributed by atoms with Crippen molar-refractivity contribution in [2.24, 2.45) is 0 Å². The number of rotatable bonds is 4. The van der Waals surface area contributed by atoms with Crippen molar-refractivity contribution >= 4 is 0 Å². The molecule has 2 aromatic rings. The Kier molecular flexibility index (Phi) is 3.60. The highest BCUT2D eigenvalue weighted by Crippen LogP contribution is 2.14. The summed E-state index contributed by atoms with van der Waals surface area (Å²) in [5.74, 6) is 0.912. The smallest absolute Gasteiger partial charge is 0.119 e. The Hall–Kier alpha value is -1.76. The maximum absolute atomic E-state index is 5.68. The molecule has 1 heteroatoms. The lowest BCUT2D eigenvalue weighted by molar-refractivity contribution is 0.306. The predicted octanol–water partition coefficient (Wildman–Crippen LogP) is 3.84. The van der Waals surface area contributed by atoms with Crippen molar-refractivity contribution in [2.75, 3.05) is 0 Å². The van der Waals surface area contributed by atoms with E-state index >= 15 is 0 Å². The van der Waals surface area contributed by atoms with E-state index < -0.39 is 0 Å². The zero-order valence-corrected chi connectivity index (χ0v) is 9.39. The summed E-state index contributed by atoms with van der Waals surface area (Å²) < 4.78 is 5.68. The highest BCUT2D eigenvalue weighted by atomic mass is 16.5. The largest absolute Gasteiger partial charge is 0.489 e. The van der Waals surface area contributed by atoms with Crippen LogP contribution in [0.4, 0.5) is 0 Å². The van der Waals surface area contributed by atoms with Gasteiger partial charge in [0.1, 0.15) is 12.4 Å². The number of hydrogen-bond acceptors (Lipinski definition) is 1. The molecule has 1 radical (unpaired) electrons. The van der Waals surface area contributed by atoms with Crippen LogP contribution in [0, 0.1) is 6.42 Å². The van der Waals surface area contributed by atoms with Gasteiger partial charge in [-0.15, -0.1) is 0 Å². The van der Waals surface area contributed by atoms with Gasteiger partial charge in [0.05, 0.1) is 0 Å². The molecule has 0 saturated carbocycles. The van der Waals surface area contributed by atoms with Crippen molar-refractivity contribution < 1.29 is 4.74 Å².